The van der Waals surface area contributed by atoms with E-state index in [1.54, 1.807) is 17.2 Å². The van der Waals surface area contributed by atoms with Crippen molar-refractivity contribution in [2.75, 3.05) is 18.1 Å². The number of hydrogen-bond acceptors (Lipinski definition) is 7. The normalized spacial score (nSPS) is 14.2. The number of nitrogens with one attached hydrogen (secondary N) is 1. The maximum Gasteiger partial charge on any atom is 0.410 e. The number of nitrogens with zero attached hydrogens (tertiary/aromatic N) is 3. The average molecular weight is 437 g/mol. The van der Waals surface area contributed by atoms with Crippen molar-refractivity contribution < 1.29 is 22.3 Å². The van der Waals surface area contributed by atoms with Gasteiger partial charge in [0.1, 0.15) is 11.4 Å². The average Bonchev–Trinajstić information content (AvgIpc) is 2.61. The molecule has 0 saturated heterocycles. The number of aromatic nitrogens is 2. The Labute approximate surface area is 175 Å². The van der Waals surface area contributed by atoms with E-state index >= 15 is 0 Å². The van der Waals surface area contributed by atoms with Crippen molar-refractivity contribution in [1.29, 1.82) is 0 Å². The van der Waals surface area contributed by atoms with Crippen LogP contribution in [0.25, 0.3) is 0 Å². The first-order valence-corrected chi connectivity index (χ1v) is 11.5. The fourth-order valence-corrected chi connectivity index (χ4v) is 3.80. The smallest absolute Gasteiger partial charge is 0.410 e. The van der Waals surface area contributed by atoms with Gasteiger partial charge in [0, 0.05) is 30.2 Å². The SMILES string of the molecule is CC(C)(C)OC(=O)N1CCc2cnc(Nc3ccc(CS(C)(=O)=O)c(F)c3)nc2C1. The summed E-state index contributed by atoms with van der Waals surface area (Å²) < 4.78 is 42.4. The van der Waals surface area contributed by atoms with Crippen LogP contribution in [0.1, 0.15) is 37.6 Å². The van der Waals surface area contributed by atoms with Gasteiger partial charge in [-0.2, -0.15) is 0 Å². The van der Waals surface area contributed by atoms with Gasteiger partial charge in [0.25, 0.3) is 0 Å². The van der Waals surface area contributed by atoms with Gasteiger partial charge in [0.05, 0.1) is 18.0 Å². The largest absolute Gasteiger partial charge is 0.444 e. The number of hydrogen-bond donors (Lipinski definition) is 1. The topological polar surface area (TPSA) is 101 Å². The van der Waals surface area contributed by atoms with E-state index in [2.05, 4.69) is 15.3 Å². The number of rotatable bonds is 4. The molecule has 1 aliphatic heterocycles. The summed E-state index contributed by atoms with van der Waals surface area (Å²) in [5.41, 5.74) is 1.55. The molecule has 0 aliphatic carbocycles. The van der Waals surface area contributed by atoms with Crippen molar-refractivity contribution in [1.82, 2.24) is 14.9 Å². The van der Waals surface area contributed by atoms with Gasteiger partial charge < -0.3 is 15.0 Å². The minimum Gasteiger partial charge on any atom is -0.444 e. The lowest BCUT2D eigenvalue weighted by Crippen LogP contribution is -2.40. The van der Waals surface area contributed by atoms with Gasteiger partial charge in [-0.25, -0.2) is 27.6 Å². The summed E-state index contributed by atoms with van der Waals surface area (Å²) in [5.74, 6) is -0.732. The van der Waals surface area contributed by atoms with Crippen LogP contribution in [0.5, 0.6) is 0 Å². The molecule has 0 bridgehead atoms. The Morgan fingerprint density at radius 2 is 2.07 bits per heavy atom. The lowest BCUT2D eigenvalue weighted by atomic mass is 10.1. The van der Waals surface area contributed by atoms with E-state index in [4.69, 9.17) is 4.74 Å². The molecule has 3 rings (SSSR count). The first-order chi connectivity index (χ1) is 13.9. The highest BCUT2D eigenvalue weighted by molar-refractivity contribution is 7.89. The lowest BCUT2D eigenvalue weighted by molar-refractivity contribution is 0.0220. The highest BCUT2D eigenvalue weighted by Crippen LogP contribution is 2.23. The van der Waals surface area contributed by atoms with Gasteiger partial charge in [-0.15, -0.1) is 0 Å². The van der Waals surface area contributed by atoms with Gasteiger partial charge >= 0.3 is 6.09 Å². The van der Waals surface area contributed by atoms with Crippen LogP contribution in [-0.4, -0.2) is 47.8 Å². The molecule has 1 aromatic carbocycles. The highest BCUT2D eigenvalue weighted by atomic mass is 32.2. The molecule has 0 saturated carbocycles. The van der Waals surface area contributed by atoms with E-state index in [-0.39, 0.29) is 17.3 Å². The van der Waals surface area contributed by atoms with Crippen molar-refractivity contribution in [2.24, 2.45) is 0 Å². The van der Waals surface area contributed by atoms with E-state index in [9.17, 15) is 17.6 Å². The first-order valence-electron chi connectivity index (χ1n) is 9.45. The summed E-state index contributed by atoms with van der Waals surface area (Å²) in [4.78, 5) is 22.6. The maximum atomic E-state index is 14.2. The summed E-state index contributed by atoms with van der Waals surface area (Å²) in [6, 6.07) is 4.19. The quantitative estimate of drug-likeness (QED) is 0.785. The zero-order valence-corrected chi connectivity index (χ0v) is 18.2. The number of carbonyl (C=O) groups excluding carboxylic acids is 1. The Morgan fingerprint density at radius 1 is 1.33 bits per heavy atom. The van der Waals surface area contributed by atoms with Crippen molar-refractivity contribution in [3.05, 3.63) is 47.0 Å². The zero-order chi connectivity index (χ0) is 22.1. The Morgan fingerprint density at radius 3 is 2.70 bits per heavy atom. The highest BCUT2D eigenvalue weighted by Gasteiger charge is 2.26. The third-order valence-corrected chi connectivity index (χ3v) is 5.16. The minimum absolute atomic E-state index is 0.0995. The molecule has 0 radical (unpaired) electrons. The number of carbonyl (C=O) groups is 1. The Kier molecular flexibility index (Phi) is 5.98. The van der Waals surface area contributed by atoms with Crippen molar-refractivity contribution in [3.63, 3.8) is 0 Å². The minimum atomic E-state index is -3.33. The Hall–Kier alpha value is -2.75. The van der Waals surface area contributed by atoms with Crippen molar-refractivity contribution in [2.45, 2.75) is 45.1 Å². The van der Waals surface area contributed by atoms with Crippen LogP contribution in [0.15, 0.2) is 24.4 Å². The van der Waals surface area contributed by atoms with Crippen LogP contribution in [-0.2, 0) is 33.3 Å². The molecular formula is C20H25FN4O4S. The van der Waals surface area contributed by atoms with Crippen LogP contribution >= 0.6 is 0 Å². The molecule has 1 amide bonds. The number of benzene rings is 1. The molecule has 8 nitrogen and oxygen atoms in total. The molecule has 0 atom stereocenters. The van der Waals surface area contributed by atoms with Crippen LogP contribution in [0, 0.1) is 5.82 Å². The van der Waals surface area contributed by atoms with E-state index < -0.39 is 27.3 Å². The van der Waals surface area contributed by atoms with E-state index in [0.29, 0.717) is 30.9 Å². The second kappa shape index (κ2) is 8.17. The predicted octanol–water partition coefficient (Wildman–Crippen LogP) is 3.20. The molecule has 10 heteroatoms. The number of ether oxygens (including phenoxy) is 1. The van der Waals surface area contributed by atoms with Gasteiger partial charge in [-0.1, -0.05) is 6.07 Å². The summed E-state index contributed by atoms with van der Waals surface area (Å²) in [5, 5.41) is 2.92. The van der Waals surface area contributed by atoms with Crippen LogP contribution < -0.4 is 5.32 Å². The Bertz CT molecular complexity index is 1070. The van der Waals surface area contributed by atoms with E-state index in [1.165, 1.54) is 12.1 Å². The van der Waals surface area contributed by atoms with Crippen LogP contribution in [0.2, 0.25) is 0 Å². The third kappa shape index (κ3) is 5.88. The molecule has 2 heterocycles. The summed E-state index contributed by atoms with van der Waals surface area (Å²) in [6.07, 6.45) is 2.96. The fourth-order valence-electron chi connectivity index (χ4n) is 3.00. The van der Waals surface area contributed by atoms with Gasteiger partial charge in [-0.3, -0.25) is 0 Å². The van der Waals surface area contributed by atoms with E-state index in [1.807, 2.05) is 20.8 Å². The van der Waals surface area contributed by atoms with Crippen molar-refractivity contribution in [3.8, 4) is 0 Å². The standard InChI is InChI=1S/C20H25FN4O4S/c1-20(2,3)29-19(26)25-8-7-13-10-22-18(24-17(13)11-25)23-15-6-5-14(16(21)9-15)12-30(4,27)28/h5-6,9-10H,7-8,11-12H2,1-4H3,(H,22,23,24). The van der Waals surface area contributed by atoms with Gasteiger partial charge in [0.2, 0.25) is 5.95 Å². The molecule has 162 valence electrons. The van der Waals surface area contributed by atoms with Crippen molar-refractivity contribution >= 4 is 27.6 Å². The molecule has 0 fully saturated rings. The second-order valence-electron chi connectivity index (χ2n) is 8.32. The summed E-state index contributed by atoms with van der Waals surface area (Å²) in [7, 11) is -3.33. The Balaban J connectivity index is 1.73. The third-order valence-electron chi connectivity index (χ3n) is 4.32. The van der Waals surface area contributed by atoms with Crippen LogP contribution in [0.4, 0.5) is 20.8 Å². The lowest BCUT2D eigenvalue weighted by Gasteiger charge is -2.30. The first kappa shape index (κ1) is 21.9. The monoisotopic (exact) mass is 436 g/mol. The number of anilines is 2. The molecular weight excluding hydrogens is 411 g/mol. The molecule has 1 aliphatic rings. The van der Waals surface area contributed by atoms with E-state index in [0.717, 1.165) is 11.8 Å². The fraction of sp³-hybridized carbons (Fsp3) is 0.450. The van der Waals surface area contributed by atoms with Crippen LogP contribution in [0.3, 0.4) is 0 Å². The van der Waals surface area contributed by atoms with Gasteiger partial charge in [0.15, 0.2) is 9.84 Å². The summed E-state index contributed by atoms with van der Waals surface area (Å²) in [6.45, 7) is 6.25. The number of sulfone groups is 1. The number of fused-ring (bicyclic) bond motifs is 1. The van der Waals surface area contributed by atoms with Gasteiger partial charge in [-0.05, 0) is 44.9 Å². The number of halogens is 1. The summed E-state index contributed by atoms with van der Waals surface area (Å²) >= 11 is 0. The number of amides is 1. The predicted molar refractivity (Wildman–Crippen MR) is 111 cm³/mol. The second-order valence-corrected chi connectivity index (χ2v) is 10.5. The molecule has 0 spiro atoms. The molecule has 1 aromatic heterocycles. The molecule has 1 N–H and O–H groups in total. The molecule has 0 unspecified atom stereocenters. The zero-order valence-electron chi connectivity index (χ0n) is 17.4. The molecule has 30 heavy (non-hydrogen) atoms. The molecule has 2 aromatic rings. The maximum absolute atomic E-state index is 14.2.